The average Bonchev–Trinajstić information content (AvgIpc) is 3.14. The van der Waals surface area contributed by atoms with E-state index in [2.05, 4.69) is 27.0 Å². The van der Waals surface area contributed by atoms with E-state index in [1.807, 2.05) is 19.9 Å². The van der Waals surface area contributed by atoms with E-state index in [0.717, 1.165) is 32.9 Å². The van der Waals surface area contributed by atoms with E-state index < -0.39 is 5.67 Å². The summed E-state index contributed by atoms with van der Waals surface area (Å²) in [5, 5.41) is 13.7. The Kier molecular flexibility index (Phi) is 4.14. The Balaban J connectivity index is 1.99. The van der Waals surface area contributed by atoms with Crippen molar-refractivity contribution in [1.82, 2.24) is 10.2 Å². The number of nitrogens with zero attached hydrogens (tertiary/aromatic N) is 2. The maximum atomic E-state index is 14.7. The monoisotopic (exact) mass is 335 g/mol. The zero-order chi connectivity index (χ0) is 15.7. The molecule has 0 aliphatic heterocycles. The van der Waals surface area contributed by atoms with Crippen molar-refractivity contribution in [3.8, 4) is 0 Å². The van der Waals surface area contributed by atoms with Crippen LogP contribution in [0.3, 0.4) is 0 Å². The molecule has 1 unspecified atom stereocenters. The van der Waals surface area contributed by atoms with Gasteiger partial charge in [0, 0.05) is 16.3 Å². The molecule has 0 aromatic carbocycles. The molecule has 0 amide bonds. The first-order valence-corrected chi connectivity index (χ1v) is 8.93. The van der Waals surface area contributed by atoms with E-state index in [0.29, 0.717) is 6.42 Å². The summed E-state index contributed by atoms with van der Waals surface area (Å²) in [4.78, 5) is 2.01. The van der Waals surface area contributed by atoms with Crippen LogP contribution in [-0.2, 0) is 12.2 Å². The van der Waals surface area contributed by atoms with E-state index in [9.17, 15) is 4.39 Å². The fourth-order valence-electron chi connectivity index (χ4n) is 2.39. The molecule has 3 nitrogen and oxygen atoms in total. The Morgan fingerprint density at radius 1 is 1.41 bits per heavy atom. The highest BCUT2D eigenvalue weighted by atomic mass is 32.1. The van der Waals surface area contributed by atoms with Gasteiger partial charge in [0.15, 0.2) is 0 Å². The highest BCUT2D eigenvalue weighted by Gasteiger charge is 2.29. The maximum Gasteiger partial charge on any atom is 0.142 e. The van der Waals surface area contributed by atoms with Gasteiger partial charge in [-0.05, 0) is 37.3 Å². The number of alkyl halides is 1. The van der Waals surface area contributed by atoms with Crippen LogP contribution in [0.25, 0.3) is 10.2 Å². The van der Waals surface area contributed by atoms with Crippen molar-refractivity contribution in [2.24, 2.45) is 0 Å². The first kappa shape index (κ1) is 15.4. The number of anilines is 1. The van der Waals surface area contributed by atoms with Crippen LogP contribution in [0.1, 0.15) is 35.6 Å². The number of aromatic nitrogens is 2. The molecule has 3 aromatic rings. The molecule has 3 aromatic heterocycles. The average molecular weight is 335 g/mol. The van der Waals surface area contributed by atoms with Gasteiger partial charge in [0.1, 0.15) is 11.2 Å². The number of fused-ring (bicyclic) bond motifs is 1. The number of hydrogen-bond acceptors (Lipinski definition) is 5. The third kappa shape index (κ3) is 2.73. The SMILES string of the molecule is CCC(C)(F)c1sc2c(NCc3cccs3)cnnc2c1C. The molecule has 0 saturated carbocycles. The van der Waals surface area contributed by atoms with E-state index in [1.165, 1.54) is 16.2 Å². The Hall–Kier alpha value is -1.53. The van der Waals surface area contributed by atoms with Gasteiger partial charge in [0.05, 0.1) is 16.6 Å². The predicted octanol–water partition coefficient (Wildman–Crippen LogP) is 5.27. The molecule has 6 heteroatoms. The molecule has 3 rings (SSSR count). The van der Waals surface area contributed by atoms with Gasteiger partial charge in [-0.3, -0.25) is 0 Å². The van der Waals surface area contributed by atoms with Gasteiger partial charge in [0.2, 0.25) is 0 Å². The standard InChI is InChI=1S/C16H18FN3S2/c1-4-16(3,17)15-10(2)13-14(22-15)12(9-19-20-13)18-8-11-6-5-7-21-11/h5-7,9H,4,8H2,1-3H3,(H,18,20). The van der Waals surface area contributed by atoms with Crippen LogP contribution in [0.5, 0.6) is 0 Å². The van der Waals surface area contributed by atoms with Crippen molar-refractivity contribution >= 4 is 38.6 Å². The Bertz CT molecular complexity index is 778. The smallest absolute Gasteiger partial charge is 0.142 e. The molecule has 0 aliphatic rings. The van der Waals surface area contributed by atoms with Gasteiger partial charge < -0.3 is 5.32 Å². The van der Waals surface area contributed by atoms with Crippen molar-refractivity contribution < 1.29 is 4.39 Å². The summed E-state index contributed by atoms with van der Waals surface area (Å²) in [6.07, 6.45) is 2.17. The molecule has 0 radical (unpaired) electrons. The third-order valence-electron chi connectivity index (χ3n) is 3.87. The van der Waals surface area contributed by atoms with Crippen molar-refractivity contribution in [3.63, 3.8) is 0 Å². The van der Waals surface area contributed by atoms with E-state index >= 15 is 0 Å². The molecular weight excluding hydrogens is 317 g/mol. The van der Waals surface area contributed by atoms with Crippen molar-refractivity contribution in [2.45, 2.75) is 39.4 Å². The second kappa shape index (κ2) is 5.93. The number of rotatable bonds is 5. The van der Waals surface area contributed by atoms with Crippen molar-refractivity contribution in [2.75, 3.05) is 5.32 Å². The molecule has 0 spiro atoms. The molecular formula is C16H18FN3S2. The van der Waals surface area contributed by atoms with Crippen molar-refractivity contribution in [1.29, 1.82) is 0 Å². The Morgan fingerprint density at radius 3 is 2.91 bits per heavy atom. The topological polar surface area (TPSA) is 37.8 Å². The number of aryl methyl sites for hydroxylation is 1. The zero-order valence-electron chi connectivity index (χ0n) is 12.8. The summed E-state index contributed by atoms with van der Waals surface area (Å²) >= 11 is 3.19. The van der Waals surface area contributed by atoms with Gasteiger partial charge in [-0.15, -0.1) is 27.8 Å². The molecule has 0 saturated heterocycles. The fraction of sp³-hybridized carbons (Fsp3) is 0.375. The van der Waals surface area contributed by atoms with E-state index in [-0.39, 0.29) is 0 Å². The highest BCUT2D eigenvalue weighted by molar-refractivity contribution is 7.20. The lowest BCUT2D eigenvalue weighted by Gasteiger charge is -2.17. The lowest BCUT2D eigenvalue weighted by Crippen LogP contribution is -2.12. The van der Waals surface area contributed by atoms with Crippen LogP contribution in [-0.4, -0.2) is 10.2 Å². The van der Waals surface area contributed by atoms with Crippen molar-refractivity contribution in [3.05, 3.63) is 39.0 Å². The summed E-state index contributed by atoms with van der Waals surface area (Å²) in [5.74, 6) is 0. The summed E-state index contributed by atoms with van der Waals surface area (Å²) in [6.45, 7) is 6.17. The molecule has 0 bridgehead atoms. The summed E-state index contributed by atoms with van der Waals surface area (Å²) in [7, 11) is 0. The van der Waals surface area contributed by atoms with Gasteiger partial charge in [-0.1, -0.05) is 13.0 Å². The van der Waals surface area contributed by atoms with E-state index in [4.69, 9.17) is 0 Å². The van der Waals surface area contributed by atoms with Crippen LogP contribution in [0.4, 0.5) is 10.1 Å². The Labute approximate surface area is 137 Å². The van der Waals surface area contributed by atoms with Gasteiger partial charge in [0.25, 0.3) is 0 Å². The molecule has 1 N–H and O–H groups in total. The molecule has 0 fully saturated rings. The van der Waals surface area contributed by atoms with Crippen LogP contribution < -0.4 is 5.32 Å². The second-order valence-corrected chi connectivity index (χ2v) is 7.53. The molecule has 1 atom stereocenters. The van der Waals surface area contributed by atoms with Crippen LogP contribution in [0.15, 0.2) is 23.7 Å². The minimum absolute atomic E-state index is 0.450. The third-order valence-corrected chi connectivity index (χ3v) is 6.30. The molecule has 0 aliphatic carbocycles. The number of halogens is 1. The summed E-state index contributed by atoms with van der Waals surface area (Å²) in [5.41, 5.74) is 1.30. The van der Waals surface area contributed by atoms with Gasteiger partial charge in [-0.2, -0.15) is 5.10 Å². The maximum absolute atomic E-state index is 14.7. The normalized spacial score (nSPS) is 14.2. The fourth-order valence-corrected chi connectivity index (χ4v) is 4.37. The predicted molar refractivity (Wildman–Crippen MR) is 92.5 cm³/mol. The molecule has 3 heterocycles. The molecule has 22 heavy (non-hydrogen) atoms. The number of hydrogen-bond donors (Lipinski definition) is 1. The highest BCUT2D eigenvalue weighted by Crippen LogP contribution is 2.42. The molecule has 116 valence electrons. The minimum atomic E-state index is -1.32. The zero-order valence-corrected chi connectivity index (χ0v) is 14.4. The minimum Gasteiger partial charge on any atom is -0.378 e. The van der Waals surface area contributed by atoms with Crippen LogP contribution in [0, 0.1) is 6.92 Å². The van der Waals surface area contributed by atoms with Crippen LogP contribution >= 0.6 is 22.7 Å². The van der Waals surface area contributed by atoms with Gasteiger partial charge >= 0.3 is 0 Å². The lowest BCUT2D eigenvalue weighted by atomic mass is 10.0. The number of thiophene rings is 2. The first-order valence-electron chi connectivity index (χ1n) is 7.23. The van der Waals surface area contributed by atoms with E-state index in [1.54, 1.807) is 24.5 Å². The quantitative estimate of drug-likeness (QED) is 0.690. The first-order chi connectivity index (χ1) is 10.5. The lowest BCUT2D eigenvalue weighted by molar-refractivity contribution is 0.190. The largest absolute Gasteiger partial charge is 0.378 e. The number of nitrogens with one attached hydrogen (secondary N) is 1. The van der Waals surface area contributed by atoms with Crippen LogP contribution in [0.2, 0.25) is 0 Å². The second-order valence-electron chi connectivity index (χ2n) is 5.48. The summed E-state index contributed by atoms with van der Waals surface area (Å²) in [6, 6.07) is 4.12. The summed E-state index contributed by atoms with van der Waals surface area (Å²) < 4.78 is 15.7. The van der Waals surface area contributed by atoms with Gasteiger partial charge in [-0.25, -0.2) is 4.39 Å². The Morgan fingerprint density at radius 2 is 2.23 bits per heavy atom.